The number of ether oxygens (including phenoxy) is 3. The Morgan fingerprint density at radius 3 is 1.88 bits per heavy atom. The number of benzene rings is 2. The van der Waals surface area contributed by atoms with Crippen LogP contribution in [-0.4, -0.2) is 34.8 Å². The molecule has 2 aromatic carbocycles. The normalized spacial score (nSPS) is 10.8. The van der Waals surface area contributed by atoms with Crippen LogP contribution in [0, 0.1) is 10.1 Å². The largest absolute Gasteiger partial charge is 0.493 e. The molecule has 0 aliphatic heterocycles. The lowest BCUT2D eigenvalue weighted by Crippen LogP contribution is -2.36. The van der Waals surface area contributed by atoms with Crippen LogP contribution < -0.4 is 18.6 Å². The molecule has 0 fully saturated rings. The van der Waals surface area contributed by atoms with Crippen LogP contribution in [0.2, 0.25) is 0 Å². The molecule has 2 aromatic rings. The molecule has 0 unspecified atom stereocenters. The minimum Gasteiger partial charge on any atom is -0.493 e. The van der Waals surface area contributed by atoms with Crippen molar-refractivity contribution in [2.75, 3.05) is 25.7 Å². The Hall–Kier alpha value is -3.01. The minimum atomic E-state index is -4.44. The third kappa shape index (κ3) is 3.43. The first-order valence-corrected chi connectivity index (χ1v) is 8.35. The van der Waals surface area contributed by atoms with E-state index in [1.54, 1.807) is 6.07 Å². The van der Waals surface area contributed by atoms with E-state index >= 15 is 0 Å². The molecule has 0 aromatic heterocycles. The molecule has 0 heterocycles. The van der Waals surface area contributed by atoms with Crippen LogP contribution in [0.3, 0.4) is 0 Å². The number of hydrogen-bond acceptors (Lipinski definition) is 7. The average molecular weight is 368 g/mol. The quantitative estimate of drug-likeness (QED) is 0.544. The lowest BCUT2D eigenvalue weighted by Gasteiger charge is -2.18. The molecule has 2 rings (SSSR count). The van der Waals surface area contributed by atoms with E-state index in [-0.39, 0.29) is 32.2 Å². The Bertz CT molecular complexity index is 844. The lowest BCUT2D eigenvalue weighted by atomic mass is 10.2. The van der Waals surface area contributed by atoms with Crippen LogP contribution in [0.15, 0.2) is 47.4 Å². The van der Waals surface area contributed by atoms with Crippen molar-refractivity contribution in [3.63, 3.8) is 0 Å². The number of sulfonamides is 1. The van der Waals surface area contributed by atoms with Gasteiger partial charge in [0.2, 0.25) is 5.75 Å². The number of methoxy groups -OCH3 is 3. The van der Waals surface area contributed by atoms with Gasteiger partial charge in [-0.3, -0.25) is 0 Å². The summed E-state index contributed by atoms with van der Waals surface area (Å²) in [7, 11) is -0.428. The van der Waals surface area contributed by atoms with Gasteiger partial charge in [0, 0.05) is 16.5 Å². The van der Waals surface area contributed by atoms with Gasteiger partial charge >= 0.3 is 10.0 Å². The van der Waals surface area contributed by atoms with Gasteiger partial charge < -0.3 is 14.2 Å². The van der Waals surface area contributed by atoms with Crippen molar-refractivity contribution in [2.24, 2.45) is 0 Å². The number of anilines is 1. The SMILES string of the molecule is COc1cc(N([N+](=O)[O-])S(=O)(=O)c2ccccc2)cc(OC)c1OC. The predicted octanol–water partition coefficient (Wildman–Crippen LogP) is 2.10. The average Bonchev–Trinajstić information content (AvgIpc) is 2.61. The van der Waals surface area contributed by atoms with Gasteiger partial charge in [-0.2, -0.15) is 8.42 Å². The minimum absolute atomic E-state index is 0.0623. The maximum Gasteiger partial charge on any atom is 0.318 e. The van der Waals surface area contributed by atoms with E-state index in [1.807, 2.05) is 0 Å². The highest BCUT2D eigenvalue weighted by molar-refractivity contribution is 7.92. The fourth-order valence-corrected chi connectivity index (χ4v) is 3.45. The molecule has 0 radical (unpaired) electrons. The Balaban J connectivity index is 2.69. The van der Waals surface area contributed by atoms with Gasteiger partial charge in [0.05, 0.1) is 26.2 Å². The molecular weight excluding hydrogens is 352 g/mol. The zero-order chi connectivity index (χ0) is 18.6. The zero-order valence-corrected chi connectivity index (χ0v) is 14.5. The number of hydrazine groups is 1. The molecule has 0 aliphatic rings. The summed E-state index contributed by atoms with van der Waals surface area (Å²) in [5.74, 6) is 0.369. The van der Waals surface area contributed by atoms with Crippen molar-refractivity contribution in [1.29, 1.82) is 0 Å². The van der Waals surface area contributed by atoms with Gasteiger partial charge in [0.1, 0.15) is 5.69 Å². The first-order chi connectivity index (χ1) is 11.9. The summed E-state index contributed by atoms with van der Waals surface area (Å²) in [5.41, 5.74) is -0.261. The van der Waals surface area contributed by atoms with Crippen LogP contribution in [0.5, 0.6) is 17.2 Å². The van der Waals surface area contributed by atoms with E-state index in [1.165, 1.54) is 57.7 Å². The molecule has 0 atom stereocenters. The second kappa shape index (κ2) is 7.26. The van der Waals surface area contributed by atoms with Crippen LogP contribution >= 0.6 is 0 Å². The molecule has 134 valence electrons. The van der Waals surface area contributed by atoms with Crippen molar-refractivity contribution >= 4 is 15.7 Å². The summed E-state index contributed by atoms with van der Waals surface area (Å²) in [6, 6.07) is 9.46. The van der Waals surface area contributed by atoms with Gasteiger partial charge in [-0.15, -0.1) is 0 Å². The third-order valence-corrected chi connectivity index (χ3v) is 4.95. The summed E-state index contributed by atoms with van der Waals surface area (Å²) >= 11 is 0. The molecule has 0 amide bonds. The first kappa shape index (κ1) is 18.3. The Labute approximate surface area is 144 Å². The lowest BCUT2D eigenvalue weighted by molar-refractivity contribution is -0.474. The number of rotatable bonds is 7. The molecule has 0 saturated heterocycles. The van der Waals surface area contributed by atoms with Gasteiger partial charge in [-0.1, -0.05) is 18.2 Å². The number of nitrogens with zero attached hydrogens (tertiary/aromatic N) is 2. The fourth-order valence-electron chi connectivity index (χ4n) is 2.19. The molecular formula is C15H16N2O7S. The zero-order valence-electron chi connectivity index (χ0n) is 13.7. The third-order valence-electron chi connectivity index (χ3n) is 3.29. The van der Waals surface area contributed by atoms with Crippen LogP contribution in [0.4, 0.5) is 5.69 Å². The van der Waals surface area contributed by atoms with E-state index in [0.29, 0.717) is 0 Å². The molecule has 0 aliphatic carbocycles. The van der Waals surface area contributed by atoms with Crippen molar-refractivity contribution < 1.29 is 27.7 Å². The Morgan fingerprint density at radius 1 is 0.960 bits per heavy atom. The van der Waals surface area contributed by atoms with Gasteiger partial charge in [-0.05, 0) is 12.1 Å². The highest BCUT2D eigenvalue weighted by atomic mass is 32.2. The van der Waals surface area contributed by atoms with Crippen molar-refractivity contribution in [3.8, 4) is 17.2 Å². The van der Waals surface area contributed by atoms with E-state index in [4.69, 9.17) is 14.2 Å². The molecule has 9 nitrogen and oxygen atoms in total. The van der Waals surface area contributed by atoms with Crippen molar-refractivity contribution in [1.82, 2.24) is 0 Å². The molecule has 25 heavy (non-hydrogen) atoms. The highest BCUT2D eigenvalue weighted by Crippen LogP contribution is 2.42. The van der Waals surface area contributed by atoms with E-state index < -0.39 is 15.1 Å². The van der Waals surface area contributed by atoms with Crippen molar-refractivity contribution in [3.05, 3.63) is 52.6 Å². The van der Waals surface area contributed by atoms with Gasteiger partial charge in [0.25, 0.3) is 0 Å². The summed E-state index contributed by atoms with van der Waals surface area (Å²) in [4.78, 5) is 11.3. The summed E-state index contributed by atoms with van der Waals surface area (Å²) in [6.45, 7) is 0. The van der Waals surface area contributed by atoms with E-state index in [9.17, 15) is 18.5 Å². The molecule has 0 spiro atoms. The molecule has 0 saturated carbocycles. The van der Waals surface area contributed by atoms with Crippen LogP contribution in [-0.2, 0) is 10.0 Å². The van der Waals surface area contributed by atoms with E-state index in [2.05, 4.69) is 0 Å². The predicted molar refractivity (Wildman–Crippen MR) is 89.2 cm³/mol. The smallest absolute Gasteiger partial charge is 0.318 e. The highest BCUT2D eigenvalue weighted by Gasteiger charge is 2.36. The first-order valence-electron chi connectivity index (χ1n) is 6.91. The maximum atomic E-state index is 12.7. The Kier molecular flexibility index (Phi) is 5.32. The van der Waals surface area contributed by atoms with Crippen LogP contribution in [0.25, 0.3) is 0 Å². The monoisotopic (exact) mass is 368 g/mol. The van der Waals surface area contributed by atoms with Crippen molar-refractivity contribution in [2.45, 2.75) is 4.90 Å². The topological polar surface area (TPSA) is 108 Å². The summed E-state index contributed by atoms with van der Waals surface area (Å²) in [6.07, 6.45) is 0. The fraction of sp³-hybridized carbons (Fsp3) is 0.200. The summed E-state index contributed by atoms with van der Waals surface area (Å²) in [5, 5.41) is 10.5. The molecule has 0 N–H and O–H groups in total. The Morgan fingerprint density at radius 2 is 1.48 bits per heavy atom. The second-order valence-corrected chi connectivity index (χ2v) is 6.45. The molecule has 0 bridgehead atoms. The summed E-state index contributed by atoms with van der Waals surface area (Å²) < 4.78 is 40.8. The van der Waals surface area contributed by atoms with Gasteiger partial charge in [-0.25, -0.2) is 10.1 Å². The number of hydrogen-bond donors (Lipinski definition) is 0. The second-order valence-electron chi connectivity index (χ2n) is 4.68. The number of nitro groups is 1. The van der Waals surface area contributed by atoms with Gasteiger partial charge in [0.15, 0.2) is 16.5 Å². The van der Waals surface area contributed by atoms with Crippen LogP contribution in [0.1, 0.15) is 0 Å². The standard InChI is InChI=1S/C15H16N2O7S/c1-22-13-9-11(10-14(23-2)15(13)24-3)16(17(18)19)25(20,21)12-7-5-4-6-8-12/h4-10H,1-3H3. The van der Waals surface area contributed by atoms with E-state index in [0.717, 1.165) is 0 Å². The molecule has 10 heteroatoms. The maximum absolute atomic E-state index is 12.7.